The fourth-order valence-corrected chi connectivity index (χ4v) is 4.09. The van der Waals surface area contributed by atoms with Gasteiger partial charge in [0.1, 0.15) is 0 Å². The molecule has 2 amide bonds. The second-order valence-electron chi connectivity index (χ2n) is 7.72. The van der Waals surface area contributed by atoms with Gasteiger partial charge >= 0.3 is 0 Å². The zero-order valence-corrected chi connectivity index (χ0v) is 17.4. The summed E-state index contributed by atoms with van der Waals surface area (Å²) in [5.41, 5.74) is 2.66. The van der Waals surface area contributed by atoms with E-state index in [1.807, 2.05) is 32.8 Å². The Morgan fingerprint density at radius 1 is 1.14 bits per heavy atom. The average Bonchev–Trinajstić information content (AvgIpc) is 3.17. The molecule has 0 bridgehead atoms. The minimum atomic E-state index is -0.318. The summed E-state index contributed by atoms with van der Waals surface area (Å²) in [5.74, 6) is -0.605. The summed E-state index contributed by atoms with van der Waals surface area (Å²) < 4.78 is 0. The number of benzene rings is 1. The molecule has 0 radical (unpaired) electrons. The van der Waals surface area contributed by atoms with Gasteiger partial charge in [-0.3, -0.25) is 24.3 Å². The number of halogens is 1. The van der Waals surface area contributed by atoms with Gasteiger partial charge in [0, 0.05) is 18.7 Å². The van der Waals surface area contributed by atoms with Crippen LogP contribution < -0.4 is 5.56 Å². The third kappa shape index (κ3) is 3.01. The van der Waals surface area contributed by atoms with Gasteiger partial charge in [-0.2, -0.15) is 0 Å². The summed E-state index contributed by atoms with van der Waals surface area (Å²) in [6.45, 7) is 3.85. The number of aromatic amines is 1. The maximum absolute atomic E-state index is 13.0. The van der Waals surface area contributed by atoms with E-state index in [9.17, 15) is 14.4 Å². The molecule has 2 unspecified atom stereocenters. The summed E-state index contributed by atoms with van der Waals surface area (Å²) >= 11 is 6.19. The molecule has 2 atom stereocenters. The molecule has 0 saturated heterocycles. The molecule has 7 nitrogen and oxygen atoms in total. The second kappa shape index (κ2) is 6.93. The zero-order chi connectivity index (χ0) is 21.0. The number of carbonyl (C=O) groups excluding carboxylic acids is 2. The number of pyridine rings is 1. The van der Waals surface area contributed by atoms with Gasteiger partial charge in [-0.1, -0.05) is 11.6 Å². The van der Waals surface area contributed by atoms with Crippen molar-refractivity contribution < 1.29 is 9.59 Å². The highest BCUT2D eigenvalue weighted by atomic mass is 35.5. The molecule has 3 heterocycles. The van der Waals surface area contributed by atoms with E-state index in [0.717, 1.165) is 5.56 Å². The molecule has 0 fully saturated rings. The zero-order valence-electron chi connectivity index (χ0n) is 16.6. The lowest BCUT2D eigenvalue weighted by Gasteiger charge is -2.32. The van der Waals surface area contributed by atoms with E-state index in [2.05, 4.69) is 9.98 Å². The van der Waals surface area contributed by atoms with Gasteiger partial charge in [-0.15, -0.1) is 0 Å². The van der Waals surface area contributed by atoms with Crippen LogP contribution in [-0.4, -0.2) is 58.5 Å². The predicted octanol–water partition coefficient (Wildman–Crippen LogP) is 2.64. The maximum Gasteiger partial charge on any atom is 0.261 e. The molecule has 1 aromatic heterocycles. The molecule has 150 valence electrons. The summed E-state index contributed by atoms with van der Waals surface area (Å²) in [7, 11) is 3.83. The molecule has 8 heteroatoms. The highest BCUT2D eigenvalue weighted by Crippen LogP contribution is 2.36. The summed E-state index contributed by atoms with van der Waals surface area (Å²) in [6.07, 6.45) is 1.85. The molecule has 4 rings (SSSR count). The number of aromatic nitrogens is 1. The van der Waals surface area contributed by atoms with Gasteiger partial charge in [-0.25, -0.2) is 0 Å². The van der Waals surface area contributed by atoms with Crippen molar-refractivity contribution in [1.82, 2.24) is 14.8 Å². The third-order valence-electron chi connectivity index (χ3n) is 5.85. The van der Waals surface area contributed by atoms with Crippen molar-refractivity contribution in [2.24, 2.45) is 4.99 Å². The largest absolute Gasteiger partial charge is 0.328 e. The fraction of sp³-hybridized carbons (Fsp3) is 0.333. The first-order chi connectivity index (χ1) is 13.7. The standard InChI is InChI=1S/C21H21ClN4O3/c1-10(25(3)4)11(2)26-20(28)13-7-12-8-17(18-15(22)5-6-23-19(18)27)24-16(12)9-14(13)21(26)29/h5-7,9-11H,8H2,1-4H3,(H,23,27). The van der Waals surface area contributed by atoms with E-state index in [4.69, 9.17) is 11.6 Å². The van der Waals surface area contributed by atoms with E-state index in [0.29, 0.717) is 39.5 Å². The molecule has 2 aliphatic rings. The lowest BCUT2D eigenvalue weighted by molar-refractivity contribution is 0.0525. The molecule has 0 aliphatic carbocycles. The van der Waals surface area contributed by atoms with E-state index in [-0.39, 0.29) is 29.5 Å². The van der Waals surface area contributed by atoms with E-state index >= 15 is 0 Å². The van der Waals surface area contributed by atoms with Gasteiger partial charge < -0.3 is 9.88 Å². The second-order valence-corrected chi connectivity index (χ2v) is 8.12. The first-order valence-corrected chi connectivity index (χ1v) is 9.75. The molecule has 2 aliphatic heterocycles. The molecule has 1 aromatic carbocycles. The fourth-order valence-electron chi connectivity index (χ4n) is 3.83. The van der Waals surface area contributed by atoms with Crippen LogP contribution in [0.3, 0.4) is 0 Å². The van der Waals surface area contributed by atoms with Crippen LogP contribution in [-0.2, 0) is 6.42 Å². The minimum absolute atomic E-state index is 0.0145. The van der Waals surface area contributed by atoms with Gasteiger partial charge in [-0.05, 0) is 51.7 Å². The number of hydrogen-bond acceptors (Lipinski definition) is 5. The number of imide groups is 1. The Labute approximate surface area is 173 Å². The number of aliphatic imine (C=N–C) groups is 1. The smallest absolute Gasteiger partial charge is 0.261 e. The first kappa shape index (κ1) is 19.5. The molecular weight excluding hydrogens is 392 g/mol. The normalized spacial score (nSPS) is 17.4. The number of rotatable bonds is 4. The Bertz CT molecular complexity index is 1140. The van der Waals surface area contributed by atoms with E-state index in [1.165, 1.54) is 11.1 Å². The molecular formula is C21H21ClN4O3. The van der Waals surface area contributed by atoms with Gasteiger partial charge in [0.05, 0.1) is 39.2 Å². The highest BCUT2D eigenvalue weighted by Gasteiger charge is 2.41. The topological polar surface area (TPSA) is 85.8 Å². The SMILES string of the molecule is CC(C(C)N1C(=O)c2cc3c(cc2C1=O)N=C(c1c(Cl)cc[nH]c1=O)C3)N(C)C. The number of likely N-dealkylation sites (N-methyl/N-ethyl adjacent to an activating group) is 1. The van der Waals surface area contributed by atoms with Crippen LogP contribution in [0.15, 0.2) is 34.2 Å². The van der Waals surface area contributed by atoms with Crippen molar-refractivity contribution in [3.63, 3.8) is 0 Å². The molecule has 0 saturated carbocycles. The van der Waals surface area contributed by atoms with Crippen LogP contribution >= 0.6 is 11.6 Å². The number of nitrogens with one attached hydrogen (secondary N) is 1. The molecule has 29 heavy (non-hydrogen) atoms. The number of hydrogen-bond donors (Lipinski definition) is 1. The molecule has 2 aromatic rings. The van der Waals surface area contributed by atoms with Gasteiger partial charge in [0.15, 0.2) is 0 Å². The van der Waals surface area contributed by atoms with Crippen LogP contribution in [0, 0.1) is 0 Å². The Morgan fingerprint density at radius 2 is 1.79 bits per heavy atom. The number of carbonyl (C=O) groups is 2. The number of amides is 2. The van der Waals surface area contributed by atoms with Gasteiger partial charge in [0.25, 0.3) is 17.4 Å². The van der Waals surface area contributed by atoms with Crippen molar-refractivity contribution in [2.45, 2.75) is 32.4 Å². The number of nitrogens with zero attached hydrogens (tertiary/aromatic N) is 3. The third-order valence-corrected chi connectivity index (χ3v) is 6.16. The van der Waals surface area contributed by atoms with E-state index in [1.54, 1.807) is 18.2 Å². The Balaban J connectivity index is 1.72. The average molecular weight is 413 g/mol. The Morgan fingerprint density at radius 3 is 2.41 bits per heavy atom. The minimum Gasteiger partial charge on any atom is -0.328 e. The molecule has 1 N–H and O–H groups in total. The Hall–Kier alpha value is -2.77. The highest BCUT2D eigenvalue weighted by molar-refractivity contribution is 6.34. The quantitative estimate of drug-likeness (QED) is 0.782. The van der Waals surface area contributed by atoms with Crippen molar-refractivity contribution in [3.8, 4) is 0 Å². The van der Waals surface area contributed by atoms with Crippen LogP contribution in [0.2, 0.25) is 5.02 Å². The van der Waals surface area contributed by atoms with Crippen molar-refractivity contribution >= 4 is 34.8 Å². The number of fused-ring (bicyclic) bond motifs is 2. The lowest BCUT2D eigenvalue weighted by atomic mass is 10.0. The summed E-state index contributed by atoms with van der Waals surface area (Å²) in [5, 5.41) is 0.317. The summed E-state index contributed by atoms with van der Waals surface area (Å²) in [4.78, 5) is 48.6. The maximum atomic E-state index is 13.0. The van der Waals surface area contributed by atoms with Crippen LogP contribution in [0.1, 0.15) is 45.7 Å². The van der Waals surface area contributed by atoms with Crippen LogP contribution in [0.4, 0.5) is 5.69 Å². The number of H-pyrrole nitrogens is 1. The lowest BCUT2D eigenvalue weighted by Crippen LogP contribution is -2.48. The van der Waals surface area contributed by atoms with Gasteiger partial charge in [0.2, 0.25) is 0 Å². The summed E-state index contributed by atoms with van der Waals surface area (Å²) in [6, 6.07) is 4.71. The van der Waals surface area contributed by atoms with Crippen molar-refractivity contribution in [3.05, 3.63) is 62.0 Å². The first-order valence-electron chi connectivity index (χ1n) is 9.37. The van der Waals surface area contributed by atoms with Crippen LogP contribution in [0.5, 0.6) is 0 Å². The molecule has 0 spiro atoms. The van der Waals surface area contributed by atoms with Crippen molar-refractivity contribution in [1.29, 1.82) is 0 Å². The predicted molar refractivity (Wildman–Crippen MR) is 112 cm³/mol. The van der Waals surface area contributed by atoms with Crippen LogP contribution in [0.25, 0.3) is 0 Å². The Kier molecular flexibility index (Phi) is 4.67. The van der Waals surface area contributed by atoms with E-state index < -0.39 is 0 Å². The van der Waals surface area contributed by atoms with Crippen molar-refractivity contribution in [2.75, 3.05) is 14.1 Å². The monoisotopic (exact) mass is 412 g/mol.